The summed E-state index contributed by atoms with van der Waals surface area (Å²) in [5, 5.41) is 9.91. The predicted octanol–water partition coefficient (Wildman–Crippen LogP) is 5.40. The maximum Gasteiger partial charge on any atom is 0.303 e. The monoisotopic (exact) mass is 430 g/mol. The molecular formula is C26H26N2O4. The summed E-state index contributed by atoms with van der Waals surface area (Å²) in [5.41, 5.74) is 4.80. The van der Waals surface area contributed by atoms with Crippen molar-refractivity contribution in [2.75, 3.05) is 6.61 Å². The number of para-hydroxylation sites is 1. The molecule has 0 fully saturated rings. The minimum absolute atomic E-state index is 0.0825. The molecule has 1 N–H and O–H groups in total. The van der Waals surface area contributed by atoms with E-state index in [1.54, 1.807) is 6.20 Å². The fourth-order valence-electron chi connectivity index (χ4n) is 3.71. The predicted molar refractivity (Wildman–Crippen MR) is 123 cm³/mol. The van der Waals surface area contributed by atoms with Gasteiger partial charge in [-0.05, 0) is 55.2 Å². The van der Waals surface area contributed by atoms with Gasteiger partial charge in [0.2, 0.25) is 5.89 Å². The van der Waals surface area contributed by atoms with E-state index in [-0.39, 0.29) is 6.42 Å². The summed E-state index contributed by atoms with van der Waals surface area (Å²) < 4.78 is 11.9. The minimum atomic E-state index is -0.814. The van der Waals surface area contributed by atoms with Crippen LogP contribution in [-0.4, -0.2) is 27.7 Å². The Kier molecular flexibility index (Phi) is 6.50. The first kappa shape index (κ1) is 21.6. The van der Waals surface area contributed by atoms with E-state index < -0.39 is 5.97 Å². The van der Waals surface area contributed by atoms with Crippen molar-refractivity contribution < 1.29 is 19.1 Å². The standard InChI is InChI=1S/C26H26N2O4/c1-3-18-7-9-20(10-8-18)26-28-22(17(2)32-26)14-16-31-23-6-4-5-21-19(11-12-24(29)30)13-15-27-25(21)23/h4-10,13,15H,3,11-12,14,16H2,1-2H3,(H,29,30). The Morgan fingerprint density at radius 3 is 2.66 bits per heavy atom. The molecule has 4 aromatic rings. The number of benzene rings is 2. The van der Waals surface area contributed by atoms with Crippen molar-refractivity contribution in [1.29, 1.82) is 0 Å². The summed E-state index contributed by atoms with van der Waals surface area (Å²) >= 11 is 0. The summed E-state index contributed by atoms with van der Waals surface area (Å²) in [6.07, 6.45) is 3.84. The van der Waals surface area contributed by atoms with Crippen LogP contribution in [0.3, 0.4) is 0 Å². The molecule has 0 aliphatic carbocycles. The summed E-state index contributed by atoms with van der Waals surface area (Å²) in [7, 11) is 0. The smallest absolute Gasteiger partial charge is 0.303 e. The number of ether oxygens (including phenoxy) is 1. The molecule has 32 heavy (non-hydrogen) atoms. The van der Waals surface area contributed by atoms with Gasteiger partial charge >= 0.3 is 5.97 Å². The van der Waals surface area contributed by atoms with Crippen LogP contribution in [-0.2, 0) is 24.1 Å². The lowest BCUT2D eigenvalue weighted by molar-refractivity contribution is -0.136. The van der Waals surface area contributed by atoms with Gasteiger partial charge in [0.25, 0.3) is 0 Å². The number of nitrogens with zero attached hydrogens (tertiary/aromatic N) is 2. The molecule has 0 saturated heterocycles. The van der Waals surface area contributed by atoms with E-state index in [4.69, 9.17) is 14.3 Å². The summed E-state index contributed by atoms with van der Waals surface area (Å²) in [6, 6.07) is 15.9. The fourth-order valence-corrected chi connectivity index (χ4v) is 3.71. The molecule has 2 heterocycles. The second kappa shape index (κ2) is 9.64. The second-order valence-corrected chi connectivity index (χ2v) is 7.69. The molecule has 2 aromatic carbocycles. The summed E-state index contributed by atoms with van der Waals surface area (Å²) in [5.74, 6) is 1.27. The zero-order valence-electron chi connectivity index (χ0n) is 18.3. The van der Waals surface area contributed by atoms with E-state index in [2.05, 4.69) is 29.0 Å². The number of carbonyl (C=O) groups is 1. The van der Waals surface area contributed by atoms with Crippen LogP contribution in [0.2, 0.25) is 0 Å². The highest BCUT2D eigenvalue weighted by Crippen LogP contribution is 2.27. The third-order valence-corrected chi connectivity index (χ3v) is 5.53. The molecule has 0 aliphatic heterocycles. The van der Waals surface area contributed by atoms with Crippen molar-refractivity contribution in [3.63, 3.8) is 0 Å². The van der Waals surface area contributed by atoms with Crippen LogP contribution in [0.4, 0.5) is 0 Å². The highest BCUT2D eigenvalue weighted by atomic mass is 16.5. The largest absolute Gasteiger partial charge is 0.491 e. The Balaban J connectivity index is 1.46. The van der Waals surface area contributed by atoms with Gasteiger partial charge < -0.3 is 14.3 Å². The Labute approximate surface area is 186 Å². The molecule has 0 atom stereocenters. The molecular weight excluding hydrogens is 404 g/mol. The van der Waals surface area contributed by atoms with Crippen molar-refractivity contribution >= 4 is 16.9 Å². The molecule has 0 radical (unpaired) electrons. The molecule has 0 amide bonds. The van der Waals surface area contributed by atoms with E-state index >= 15 is 0 Å². The minimum Gasteiger partial charge on any atom is -0.491 e. The van der Waals surface area contributed by atoms with Gasteiger partial charge in [0.1, 0.15) is 17.0 Å². The number of hydrogen-bond donors (Lipinski definition) is 1. The SMILES string of the molecule is CCc1ccc(-c2nc(CCOc3cccc4c(CCC(=O)O)ccnc34)c(C)o2)cc1. The quantitative estimate of drug-likeness (QED) is 0.383. The molecule has 0 bridgehead atoms. The molecule has 6 heteroatoms. The average molecular weight is 431 g/mol. The van der Waals surface area contributed by atoms with Crippen LogP contribution < -0.4 is 4.74 Å². The number of rotatable bonds is 9. The number of carboxylic acids is 1. The van der Waals surface area contributed by atoms with E-state index in [1.807, 2.05) is 43.3 Å². The molecule has 6 nitrogen and oxygen atoms in total. The highest BCUT2D eigenvalue weighted by Gasteiger charge is 2.13. The van der Waals surface area contributed by atoms with Crippen molar-refractivity contribution in [2.45, 2.75) is 39.5 Å². The zero-order valence-corrected chi connectivity index (χ0v) is 18.3. The maximum absolute atomic E-state index is 10.9. The van der Waals surface area contributed by atoms with Gasteiger partial charge in [0.05, 0.1) is 12.3 Å². The molecule has 0 unspecified atom stereocenters. The number of carboxylic acid groups (broad SMARTS) is 1. The number of aliphatic carboxylic acids is 1. The van der Waals surface area contributed by atoms with Gasteiger partial charge in [-0.25, -0.2) is 4.98 Å². The Morgan fingerprint density at radius 1 is 1.09 bits per heavy atom. The number of aromatic nitrogens is 2. The van der Waals surface area contributed by atoms with Crippen molar-refractivity contribution in [3.05, 3.63) is 77.3 Å². The van der Waals surface area contributed by atoms with Gasteiger partial charge in [0, 0.05) is 30.0 Å². The summed E-state index contributed by atoms with van der Waals surface area (Å²) in [6.45, 7) is 4.48. The molecule has 0 spiro atoms. The van der Waals surface area contributed by atoms with E-state index in [1.165, 1.54) is 5.56 Å². The number of pyridine rings is 1. The van der Waals surface area contributed by atoms with Crippen LogP contribution in [0, 0.1) is 6.92 Å². The van der Waals surface area contributed by atoms with Crippen molar-refractivity contribution in [2.24, 2.45) is 0 Å². The third-order valence-electron chi connectivity index (χ3n) is 5.53. The van der Waals surface area contributed by atoms with Gasteiger partial charge in [-0.1, -0.05) is 31.2 Å². The zero-order chi connectivity index (χ0) is 22.5. The number of hydrogen-bond acceptors (Lipinski definition) is 5. The highest BCUT2D eigenvalue weighted by molar-refractivity contribution is 5.87. The van der Waals surface area contributed by atoms with Crippen LogP contribution in [0.1, 0.15) is 35.9 Å². The van der Waals surface area contributed by atoms with E-state index in [0.717, 1.165) is 39.9 Å². The fraction of sp³-hybridized carbons (Fsp3) is 0.269. The Bertz CT molecular complexity index is 1230. The lowest BCUT2D eigenvalue weighted by Crippen LogP contribution is -2.04. The lowest BCUT2D eigenvalue weighted by atomic mass is 10.0. The maximum atomic E-state index is 10.9. The molecule has 2 aromatic heterocycles. The first-order valence-electron chi connectivity index (χ1n) is 10.8. The number of aryl methyl sites for hydroxylation is 3. The van der Waals surface area contributed by atoms with Crippen LogP contribution in [0.25, 0.3) is 22.4 Å². The number of fused-ring (bicyclic) bond motifs is 1. The van der Waals surface area contributed by atoms with Crippen molar-refractivity contribution in [1.82, 2.24) is 9.97 Å². The van der Waals surface area contributed by atoms with Gasteiger partial charge in [-0.2, -0.15) is 0 Å². The third kappa shape index (κ3) is 4.80. The van der Waals surface area contributed by atoms with Gasteiger partial charge in [-0.3, -0.25) is 9.78 Å². The Morgan fingerprint density at radius 2 is 1.91 bits per heavy atom. The second-order valence-electron chi connectivity index (χ2n) is 7.69. The van der Waals surface area contributed by atoms with E-state index in [9.17, 15) is 4.79 Å². The van der Waals surface area contributed by atoms with Crippen LogP contribution in [0.15, 0.2) is 59.1 Å². The molecule has 164 valence electrons. The first-order valence-corrected chi connectivity index (χ1v) is 10.8. The van der Waals surface area contributed by atoms with Gasteiger partial charge in [0.15, 0.2) is 0 Å². The van der Waals surface area contributed by atoms with Crippen molar-refractivity contribution in [3.8, 4) is 17.2 Å². The average Bonchev–Trinajstić information content (AvgIpc) is 3.18. The lowest BCUT2D eigenvalue weighted by Gasteiger charge is -2.10. The van der Waals surface area contributed by atoms with E-state index in [0.29, 0.717) is 31.1 Å². The normalized spacial score (nSPS) is 11.1. The summed E-state index contributed by atoms with van der Waals surface area (Å²) in [4.78, 5) is 20.1. The number of oxazole rings is 1. The first-order chi connectivity index (χ1) is 15.5. The topological polar surface area (TPSA) is 85.5 Å². The molecule has 0 aliphatic rings. The van der Waals surface area contributed by atoms with Crippen LogP contribution in [0.5, 0.6) is 5.75 Å². The molecule has 4 rings (SSSR count). The molecule has 0 saturated carbocycles. The van der Waals surface area contributed by atoms with Gasteiger partial charge in [-0.15, -0.1) is 0 Å². The van der Waals surface area contributed by atoms with Crippen LogP contribution >= 0.6 is 0 Å². The Hall–Kier alpha value is -3.67.